The van der Waals surface area contributed by atoms with E-state index in [1.807, 2.05) is 0 Å². The quantitative estimate of drug-likeness (QED) is 0.147. The third-order valence-electron chi connectivity index (χ3n) is 8.24. The van der Waals surface area contributed by atoms with E-state index in [9.17, 15) is 34.6 Å². The van der Waals surface area contributed by atoms with Gasteiger partial charge in [0.2, 0.25) is 6.04 Å². The van der Waals surface area contributed by atoms with E-state index in [0.717, 1.165) is 19.2 Å². The number of nitro benzene ring substituents is 1. The highest BCUT2D eigenvalue weighted by molar-refractivity contribution is 6.31. The van der Waals surface area contributed by atoms with E-state index in [-0.39, 0.29) is 39.0 Å². The number of carbonyl (C=O) groups is 3. The first-order valence-corrected chi connectivity index (χ1v) is 14.0. The van der Waals surface area contributed by atoms with E-state index in [1.165, 1.54) is 47.4 Å². The largest absolute Gasteiger partial charge is 0.465 e. The van der Waals surface area contributed by atoms with Crippen LogP contribution in [0.5, 0.6) is 0 Å². The summed E-state index contributed by atoms with van der Waals surface area (Å²) >= 11 is 12.3. The topological polar surface area (TPSA) is 162 Å². The first-order chi connectivity index (χ1) is 20.9. The van der Waals surface area contributed by atoms with Gasteiger partial charge in [0.1, 0.15) is 11.4 Å². The van der Waals surface area contributed by atoms with Gasteiger partial charge in [-0.3, -0.25) is 34.7 Å². The van der Waals surface area contributed by atoms with Gasteiger partial charge in [-0.15, -0.1) is 0 Å². The molecule has 3 aromatic carbocycles. The number of fused-ring (bicyclic) bond motifs is 2. The highest BCUT2D eigenvalue weighted by Crippen LogP contribution is 2.58. The zero-order valence-electron chi connectivity index (χ0n) is 23.1. The molecule has 5 rings (SSSR count). The van der Waals surface area contributed by atoms with Crippen molar-refractivity contribution in [1.82, 2.24) is 4.90 Å². The lowest BCUT2D eigenvalue weighted by atomic mass is 9.73. The fraction of sp³-hybridized carbons (Fsp3) is 0.276. The molecule has 0 aromatic heterocycles. The molecule has 1 spiro atoms. The molecule has 0 radical (unpaired) electrons. The number of rotatable bonds is 8. The number of benzene rings is 3. The van der Waals surface area contributed by atoms with Gasteiger partial charge in [-0.05, 0) is 36.9 Å². The Bertz CT molecular complexity index is 1750. The molecule has 2 heterocycles. The number of likely N-dealkylation sites (tertiary alicyclic amines) is 1. The average Bonchev–Trinajstić information content (AvgIpc) is 3.43. The van der Waals surface area contributed by atoms with Crippen molar-refractivity contribution in [2.75, 3.05) is 19.0 Å². The monoisotopic (exact) mass is 644 g/mol. The predicted octanol–water partition coefficient (Wildman–Crippen LogP) is 5.38. The first kappa shape index (κ1) is 31.0. The van der Waals surface area contributed by atoms with Crippen LogP contribution in [0.15, 0.2) is 54.6 Å². The lowest BCUT2D eigenvalue weighted by molar-refractivity contribution is -0.528. The number of anilines is 1. The Morgan fingerprint density at radius 1 is 1.11 bits per heavy atom. The van der Waals surface area contributed by atoms with Gasteiger partial charge in [-0.1, -0.05) is 48.3 Å². The second-order valence-electron chi connectivity index (χ2n) is 10.3. The van der Waals surface area contributed by atoms with Crippen molar-refractivity contribution in [2.45, 2.75) is 36.9 Å². The van der Waals surface area contributed by atoms with Crippen LogP contribution >= 0.6 is 23.2 Å². The van der Waals surface area contributed by atoms with Gasteiger partial charge in [0.25, 0.3) is 11.6 Å². The Labute approximate surface area is 259 Å². The molecule has 1 N–H and O–H groups in total. The predicted molar refractivity (Wildman–Crippen MR) is 156 cm³/mol. The summed E-state index contributed by atoms with van der Waals surface area (Å²) in [5.41, 5.74) is -2.84. The number of esters is 1. The van der Waals surface area contributed by atoms with Gasteiger partial charge in [-0.2, -0.15) is 0 Å². The Hall–Kier alpha value is -4.46. The third kappa shape index (κ3) is 4.68. The molecule has 0 aliphatic carbocycles. The Kier molecular flexibility index (Phi) is 8.14. The number of ether oxygens (including phenoxy) is 1. The summed E-state index contributed by atoms with van der Waals surface area (Å²) in [5, 5.41) is 27.5. The van der Waals surface area contributed by atoms with E-state index in [2.05, 4.69) is 10.1 Å². The van der Waals surface area contributed by atoms with Crippen LogP contribution in [0.25, 0.3) is 0 Å². The normalized spacial score (nSPS) is 22.5. The number of nitro groups is 2. The van der Waals surface area contributed by atoms with Crippen LogP contribution in [0.1, 0.15) is 51.1 Å². The summed E-state index contributed by atoms with van der Waals surface area (Å²) < 4.78 is 20.4. The number of carbonyl (C=O) groups excluding carboxylic acids is 3. The molecule has 228 valence electrons. The Morgan fingerprint density at radius 3 is 2.48 bits per heavy atom. The maximum absolute atomic E-state index is 15.7. The van der Waals surface area contributed by atoms with E-state index >= 15 is 4.39 Å². The Morgan fingerprint density at radius 2 is 1.84 bits per heavy atom. The van der Waals surface area contributed by atoms with Crippen LogP contribution in [-0.4, -0.2) is 58.1 Å². The summed E-state index contributed by atoms with van der Waals surface area (Å²) in [7, 11) is 1.09. The number of nitrogens with zero attached hydrogens (tertiary/aromatic N) is 3. The van der Waals surface area contributed by atoms with E-state index in [0.29, 0.717) is 0 Å². The maximum atomic E-state index is 15.7. The van der Waals surface area contributed by atoms with Crippen LogP contribution in [0.2, 0.25) is 10.0 Å². The molecule has 1 unspecified atom stereocenters. The van der Waals surface area contributed by atoms with Crippen LogP contribution in [0.4, 0.5) is 15.8 Å². The van der Waals surface area contributed by atoms with Crippen molar-refractivity contribution in [3.05, 3.63) is 113 Å². The summed E-state index contributed by atoms with van der Waals surface area (Å²) in [5.74, 6) is -4.88. The van der Waals surface area contributed by atoms with Crippen LogP contribution in [0, 0.1) is 26.0 Å². The molecule has 1 amide bonds. The van der Waals surface area contributed by atoms with Crippen LogP contribution < -0.4 is 5.32 Å². The smallest absolute Gasteiger partial charge is 0.338 e. The molecule has 4 atom stereocenters. The second kappa shape index (κ2) is 11.6. The number of hydrogen-bond donors (Lipinski definition) is 1. The van der Waals surface area contributed by atoms with Crippen molar-refractivity contribution in [3.8, 4) is 0 Å². The Balaban J connectivity index is 1.72. The number of methoxy groups -OCH3 is 1. The second-order valence-corrected chi connectivity index (χ2v) is 11.1. The molecular weight excluding hydrogens is 622 g/mol. The lowest BCUT2D eigenvalue weighted by Gasteiger charge is -2.38. The minimum absolute atomic E-state index is 0.0141. The zero-order chi connectivity index (χ0) is 32.1. The van der Waals surface area contributed by atoms with Crippen molar-refractivity contribution in [2.24, 2.45) is 0 Å². The molecule has 0 bridgehead atoms. The number of Topliss-reactive ketones (excluding diaryl/α,β-unsaturated/α-hetero) is 1. The minimum Gasteiger partial charge on any atom is -0.465 e. The SMILES string of the molecule is CCN1[C@@H](CC(=O)c2ccc(C(=O)OC)cc2[N+](=O)[O-])C([N+](=O)[O-])[C@H](c2cccc(Cl)c2F)[C@]12C(=O)Nc1cc(Cl)ccc12. The zero-order valence-corrected chi connectivity index (χ0v) is 24.6. The average molecular weight is 645 g/mol. The fourth-order valence-electron chi connectivity index (χ4n) is 6.59. The molecule has 3 aromatic rings. The van der Waals surface area contributed by atoms with E-state index in [1.54, 1.807) is 6.92 Å². The summed E-state index contributed by atoms with van der Waals surface area (Å²) in [6.07, 6.45) is -0.658. The first-order valence-electron chi connectivity index (χ1n) is 13.2. The molecule has 1 saturated heterocycles. The number of nitrogens with one attached hydrogen (secondary N) is 1. The highest BCUT2D eigenvalue weighted by atomic mass is 35.5. The number of likely N-dealkylation sites (N-methyl/N-ethyl adjacent to an activating group) is 1. The standard InChI is InChI=1S/C29H23Cl2FN4O8/c1-3-34-22(13-23(37)16-9-7-14(27(38)44-2)11-21(16)35(40)41)26(36(42)43)24(17-5-4-6-19(31)25(17)32)29(34)18-10-8-15(30)12-20(18)33-28(29)39/h4-12,22,24,26H,3,13H2,1-2H3,(H,33,39)/t22-,24-,26?,29+/m0/s1. The lowest BCUT2D eigenvalue weighted by Crippen LogP contribution is -2.52. The highest BCUT2D eigenvalue weighted by Gasteiger charge is 2.71. The molecule has 1 fully saturated rings. The van der Waals surface area contributed by atoms with Gasteiger partial charge < -0.3 is 10.1 Å². The summed E-state index contributed by atoms with van der Waals surface area (Å²) in [4.78, 5) is 64.6. The number of halogens is 3. The molecule has 2 aliphatic rings. The molecule has 0 saturated carbocycles. The molecule has 44 heavy (non-hydrogen) atoms. The van der Waals surface area contributed by atoms with Gasteiger partial charge in [0.15, 0.2) is 5.78 Å². The third-order valence-corrected chi connectivity index (χ3v) is 8.76. The van der Waals surface area contributed by atoms with E-state index in [4.69, 9.17) is 23.2 Å². The van der Waals surface area contributed by atoms with E-state index < -0.39 is 74.5 Å². The summed E-state index contributed by atoms with van der Waals surface area (Å²) in [6, 6.07) is 8.47. The molecule has 15 heteroatoms. The molecule has 12 nitrogen and oxygen atoms in total. The summed E-state index contributed by atoms with van der Waals surface area (Å²) in [6.45, 7) is 1.61. The van der Waals surface area contributed by atoms with Crippen LogP contribution in [-0.2, 0) is 15.1 Å². The van der Waals surface area contributed by atoms with Gasteiger partial charge in [0.05, 0.1) is 40.1 Å². The van der Waals surface area contributed by atoms with Crippen molar-refractivity contribution in [1.29, 1.82) is 0 Å². The molecule has 2 aliphatic heterocycles. The van der Waals surface area contributed by atoms with Crippen molar-refractivity contribution in [3.63, 3.8) is 0 Å². The van der Waals surface area contributed by atoms with Gasteiger partial charge >= 0.3 is 5.97 Å². The van der Waals surface area contributed by atoms with Gasteiger partial charge in [0, 0.05) is 39.2 Å². The number of hydrogen-bond acceptors (Lipinski definition) is 9. The minimum atomic E-state index is -1.89. The fourth-order valence-corrected chi connectivity index (χ4v) is 6.94. The number of amides is 1. The van der Waals surface area contributed by atoms with Crippen LogP contribution in [0.3, 0.4) is 0 Å². The number of ketones is 1. The van der Waals surface area contributed by atoms with Gasteiger partial charge in [-0.25, -0.2) is 9.18 Å². The maximum Gasteiger partial charge on any atom is 0.338 e. The van der Waals surface area contributed by atoms with Crippen molar-refractivity contribution < 1.29 is 33.4 Å². The van der Waals surface area contributed by atoms with Crippen molar-refractivity contribution >= 4 is 52.2 Å². The molecular formula is C29H23Cl2FN4O8.